The summed E-state index contributed by atoms with van der Waals surface area (Å²) in [6.07, 6.45) is -1.69. The normalized spacial score (nSPS) is 15.8. The van der Waals surface area contributed by atoms with Gasteiger partial charge >= 0.3 is 12.2 Å². The highest BCUT2D eigenvalue weighted by Crippen LogP contribution is 2.23. The number of primary amides is 1. The van der Waals surface area contributed by atoms with Crippen LogP contribution in [0.1, 0.15) is 34.2 Å². The Hall–Kier alpha value is -7.68. The fourth-order valence-corrected chi connectivity index (χ4v) is 7.21. The number of carbonyl (C=O) groups excluding carboxylic acids is 6. The summed E-state index contributed by atoms with van der Waals surface area (Å²) in [5, 5.41) is 20.9. The minimum atomic E-state index is -1.28. The minimum Gasteiger partial charge on any atom is -0.508 e. The van der Waals surface area contributed by atoms with E-state index in [1.54, 1.807) is 103 Å². The molecule has 63 heavy (non-hydrogen) atoms. The maximum Gasteiger partial charge on any atom is 0.408 e. The Morgan fingerprint density at radius 1 is 0.571 bits per heavy atom. The molecule has 0 bridgehead atoms. The van der Waals surface area contributed by atoms with Crippen molar-refractivity contribution in [1.82, 2.24) is 26.2 Å². The molecule has 0 radical (unpaired) electrons. The first-order chi connectivity index (χ1) is 30.5. The van der Waals surface area contributed by atoms with Gasteiger partial charge in [0.2, 0.25) is 23.6 Å². The van der Waals surface area contributed by atoms with E-state index in [1.807, 2.05) is 30.3 Å². The van der Waals surface area contributed by atoms with Crippen LogP contribution in [0.15, 0.2) is 146 Å². The highest BCUT2D eigenvalue weighted by atomic mass is 16.6. The fraction of sp³-hybridized carbons (Fsp3) is 0.250. The molecule has 6 rings (SSSR count). The second-order valence-electron chi connectivity index (χ2n) is 15.2. The van der Waals surface area contributed by atoms with Gasteiger partial charge in [-0.1, -0.05) is 133 Å². The van der Waals surface area contributed by atoms with Crippen LogP contribution < -0.4 is 27.0 Å². The van der Waals surface area contributed by atoms with Gasteiger partial charge < -0.3 is 46.5 Å². The molecular weight excluding hydrogens is 805 g/mol. The van der Waals surface area contributed by atoms with Crippen molar-refractivity contribution < 1.29 is 43.3 Å². The molecule has 15 heteroatoms. The molecule has 0 saturated carbocycles. The number of rotatable bonds is 18. The highest BCUT2D eigenvalue weighted by molar-refractivity contribution is 5.96. The number of likely N-dealkylation sites (tertiary alicyclic amines) is 1. The number of ether oxygens (including phenoxy) is 2. The van der Waals surface area contributed by atoms with Gasteiger partial charge in [0.05, 0.1) is 6.04 Å². The minimum absolute atomic E-state index is 0.00231. The van der Waals surface area contributed by atoms with E-state index in [2.05, 4.69) is 21.3 Å². The summed E-state index contributed by atoms with van der Waals surface area (Å²) in [6.45, 7) is -0.269. The van der Waals surface area contributed by atoms with Crippen LogP contribution in [0, 0.1) is 0 Å². The molecule has 6 amide bonds. The van der Waals surface area contributed by atoms with Gasteiger partial charge in [0.1, 0.15) is 43.1 Å². The molecule has 0 unspecified atom stereocenters. The molecule has 326 valence electrons. The Morgan fingerprint density at radius 2 is 1.03 bits per heavy atom. The lowest BCUT2D eigenvalue weighted by atomic mass is 10.0. The zero-order valence-corrected chi connectivity index (χ0v) is 34.4. The summed E-state index contributed by atoms with van der Waals surface area (Å²) in [6, 6.07) is 36.4. The summed E-state index contributed by atoms with van der Waals surface area (Å²) < 4.78 is 10.9. The van der Waals surface area contributed by atoms with Gasteiger partial charge in [-0.25, -0.2) is 9.59 Å². The van der Waals surface area contributed by atoms with Crippen molar-refractivity contribution in [2.45, 2.75) is 69.1 Å². The Morgan fingerprint density at radius 3 is 1.56 bits per heavy atom. The van der Waals surface area contributed by atoms with Crippen molar-refractivity contribution in [3.05, 3.63) is 173 Å². The smallest absolute Gasteiger partial charge is 0.408 e. The number of hydrogen-bond acceptors (Lipinski definition) is 9. The van der Waals surface area contributed by atoms with Gasteiger partial charge in [0, 0.05) is 25.8 Å². The Kier molecular flexibility index (Phi) is 15.8. The number of benzene rings is 5. The number of nitrogens with two attached hydrogens (primary N) is 1. The molecule has 5 aromatic carbocycles. The highest BCUT2D eigenvalue weighted by Gasteiger charge is 2.44. The van der Waals surface area contributed by atoms with Crippen molar-refractivity contribution >= 4 is 35.8 Å². The van der Waals surface area contributed by atoms with E-state index in [0.29, 0.717) is 11.1 Å². The second-order valence-corrected chi connectivity index (χ2v) is 15.2. The fourth-order valence-electron chi connectivity index (χ4n) is 7.21. The van der Waals surface area contributed by atoms with Gasteiger partial charge in [-0.15, -0.1) is 0 Å². The number of carbonyl (C=O) groups is 6. The van der Waals surface area contributed by atoms with Crippen molar-refractivity contribution in [3.8, 4) is 5.75 Å². The molecule has 1 aliphatic rings. The molecule has 0 aromatic heterocycles. The van der Waals surface area contributed by atoms with Crippen LogP contribution >= 0.6 is 0 Å². The standard InChI is InChI=1S/C48H50N6O9/c49-43(56)39(25-32-13-5-1-6-14-32)51-44(57)40(26-33-15-7-2-8-16-33)52-45(58)42-28-37(50-47(60)62-30-35-17-9-3-10-18-35)29-54(42)46(59)41(27-34-21-23-38(55)24-22-34)53-48(61)63-31-36-19-11-4-12-20-36/h1-24,37,39-42,55H,25-31H2,(H2,49,56)(H,50,60)(H,51,57)(H,52,58)(H,53,61)/t37-,39-,40-,41-,42-/m0/s1. The van der Waals surface area contributed by atoms with E-state index in [0.717, 1.165) is 16.7 Å². The van der Waals surface area contributed by atoms with Gasteiger partial charge in [-0.3, -0.25) is 19.2 Å². The molecule has 0 spiro atoms. The molecule has 15 nitrogen and oxygen atoms in total. The molecule has 5 aromatic rings. The molecule has 7 N–H and O–H groups in total. The lowest BCUT2D eigenvalue weighted by molar-refractivity contribution is -0.141. The SMILES string of the molecule is NC(=O)[C@H](Cc1ccccc1)NC(=O)[C@H](Cc1ccccc1)NC(=O)[C@@H]1C[C@H](NC(=O)OCc2ccccc2)CN1C(=O)[C@H](Cc1ccc(O)cc1)NC(=O)OCc1ccccc1. The number of nitrogens with one attached hydrogen (secondary N) is 4. The molecule has 1 saturated heterocycles. The average Bonchev–Trinajstić information content (AvgIpc) is 3.72. The third-order valence-corrected chi connectivity index (χ3v) is 10.5. The third-order valence-electron chi connectivity index (χ3n) is 10.5. The van der Waals surface area contributed by atoms with Crippen LogP contribution in [0.2, 0.25) is 0 Å². The largest absolute Gasteiger partial charge is 0.508 e. The first kappa shape index (κ1) is 44.9. The van der Waals surface area contributed by atoms with E-state index in [4.69, 9.17) is 15.2 Å². The maximum absolute atomic E-state index is 14.7. The van der Waals surface area contributed by atoms with Gasteiger partial charge in [-0.05, 0) is 46.4 Å². The van der Waals surface area contributed by atoms with Gasteiger partial charge in [0.25, 0.3) is 0 Å². The molecule has 0 aliphatic carbocycles. The third kappa shape index (κ3) is 13.7. The van der Waals surface area contributed by atoms with E-state index in [1.165, 1.54) is 17.0 Å². The first-order valence-corrected chi connectivity index (χ1v) is 20.5. The predicted octanol–water partition coefficient (Wildman–Crippen LogP) is 4.07. The van der Waals surface area contributed by atoms with Crippen LogP contribution in [0.5, 0.6) is 5.75 Å². The molecule has 5 atom stereocenters. The number of phenols is 1. The number of hydrogen-bond donors (Lipinski definition) is 6. The number of amides is 6. The summed E-state index contributed by atoms with van der Waals surface area (Å²) in [5.41, 5.74) is 9.24. The van der Waals surface area contributed by atoms with E-state index < -0.39 is 66.0 Å². The molecular formula is C48H50N6O9. The van der Waals surface area contributed by atoms with Crippen molar-refractivity contribution in [3.63, 3.8) is 0 Å². The molecule has 1 aliphatic heterocycles. The van der Waals surface area contributed by atoms with E-state index >= 15 is 0 Å². The number of aromatic hydroxyl groups is 1. The molecule has 1 fully saturated rings. The number of nitrogens with zero attached hydrogens (tertiary/aromatic N) is 1. The topological polar surface area (TPSA) is 218 Å². The summed E-state index contributed by atoms with van der Waals surface area (Å²) in [4.78, 5) is 83.6. The van der Waals surface area contributed by atoms with Crippen LogP contribution in [-0.2, 0) is 61.1 Å². The van der Waals surface area contributed by atoms with Crippen LogP contribution in [0.4, 0.5) is 9.59 Å². The summed E-state index contributed by atoms with van der Waals surface area (Å²) >= 11 is 0. The predicted molar refractivity (Wildman–Crippen MR) is 232 cm³/mol. The van der Waals surface area contributed by atoms with Crippen LogP contribution in [0.25, 0.3) is 0 Å². The lowest BCUT2D eigenvalue weighted by Crippen LogP contribution is -2.58. The van der Waals surface area contributed by atoms with Crippen molar-refractivity contribution in [1.29, 1.82) is 0 Å². The van der Waals surface area contributed by atoms with E-state index in [9.17, 15) is 33.9 Å². The van der Waals surface area contributed by atoms with Crippen LogP contribution in [0.3, 0.4) is 0 Å². The lowest BCUT2D eigenvalue weighted by Gasteiger charge is -2.30. The van der Waals surface area contributed by atoms with Crippen LogP contribution in [-0.4, -0.2) is 82.6 Å². The van der Waals surface area contributed by atoms with E-state index in [-0.39, 0.29) is 51.2 Å². The second kappa shape index (κ2) is 22.2. The summed E-state index contributed by atoms with van der Waals surface area (Å²) in [7, 11) is 0. The first-order valence-electron chi connectivity index (χ1n) is 20.5. The van der Waals surface area contributed by atoms with Crippen molar-refractivity contribution in [2.75, 3.05) is 6.54 Å². The number of phenolic OH excluding ortho intramolecular Hbond substituents is 1. The Balaban J connectivity index is 1.25. The van der Waals surface area contributed by atoms with Crippen molar-refractivity contribution in [2.24, 2.45) is 5.73 Å². The quantitative estimate of drug-likeness (QED) is 0.0748. The van der Waals surface area contributed by atoms with Gasteiger partial charge in [-0.2, -0.15) is 0 Å². The zero-order chi connectivity index (χ0) is 44.6. The van der Waals surface area contributed by atoms with Gasteiger partial charge in [0.15, 0.2) is 0 Å². The summed E-state index contributed by atoms with van der Waals surface area (Å²) in [5.74, 6) is -2.86. The Labute approximate surface area is 365 Å². The monoisotopic (exact) mass is 854 g/mol. The Bertz CT molecular complexity index is 2300. The average molecular weight is 855 g/mol. The maximum atomic E-state index is 14.7. The number of alkyl carbamates (subject to hydrolysis) is 2. The zero-order valence-electron chi connectivity index (χ0n) is 34.4. The molecule has 1 heterocycles.